The van der Waals surface area contributed by atoms with Crippen LogP contribution in [0.15, 0.2) is 43.0 Å². The molecule has 4 rings (SSSR count). The Kier molecular flexibility index (Phi) is 6.88. The smallest absolute Gasteiger partial charge is 0.274 e. The van der Waals surface area contributed by atoms with E-state index in [-0.39, 0.29) is 5.91 Å². The number of piperidine rings is 1. The molecule has 1 amide bonds. The molecule has 1 aliphatic heterocycles. The summed E-state index contributed by atoms with van der Waals surface area (Å²) in [7, 11) is 3.59. The molecule has 1 N–H and O–H groups in total. The summed E-state index contributed by atoms with van der Waals surface area (Å²) in [6, 6.07) is 11.7. The van der Waals surface area contributed by atoms with Crippen LogP contribution in [0.1, 0.15) is 46.6 Å². The van der Waals surface area contributed by atoms with E-state index in [1.807, 2.05) is 10.8 Å². The lowest BCUT2D eigenvalue weighted by Crippen LogP contribution is -2.47. The van der Waals surface area contributed by atoms with Gasteiger partial charge in [0.15, 0.2) is 5.69 Å². The van der Waals surface area contributed by atoms with E-state index in [1.165, 1.54) is 24.1 Å². The average molecular weight is 422 g/mol. The number of rotatable bonds is 7. The summed E-state index contributed by atoms with van der Waals surface area (Å²) >= 11 is 0. The van der Waals surface area contributed by atoms with Crippen LogP contribution >= 0.6 is 0 Å². The Hall–Kier alpha value is -2.44. The molecule has 2 aliphatic rings. The largest absolute Gasteiger partial charge is 0.343 e. The Bertz CT molecular complexity index is 896. The molecule has 1 saturated heterocycles. The van der Waals surface area contributed by atoms with Gasteiger partial charge in [-0.05, 0) is 50.8 Å². The molecule has 1 atom stereocenters. The Morgan fingerprint density at radius 2 is 1.94 bits per heavy atom. The maximum atomic E-state index is 12.7. The molecule has 2 aromatic rings. The Labute approximate surface area is 185 Å². The number of benzene rings is 1. The van der Waals surface area contributed by atoms with Crippen LogP contribution in [0.3, 0.4) is 0 Å². The quantitative estimate of drug-likeness (QED) is 0.699. The van der Waals surface area contributed by atoms with Crippen LogP contribution in [0.5, 0.6) is 0 Å². The van der Waals surface area contributed by atoms with Crippen LogP contribution in [0.2, 0.25) is 0 Å². The fourth-order valence-electron chi connectivity index (χ4n) is 4.92. The number of carbonyl (C=O) groups excluding carboxylic acids is 1. The molecule has 1 fully saturated rings. The van der Waals surface area contributed by atoms with Crippen molar-refractivity contribution in [2.75, 3.05) is 27.2 Å². The molecule has 1 unspecified atom stereocenters. The second-order valence-corrected chi connectivity index (χ2v) is 9.09. The monoisotopic (exact) mass is 421 g/mol. The first kappa shape index (κ1) is 21.8. The van der Waals surface area contributed by atoms with Crippen LogP contribution in [-0.2, 0) is 25.9 Å². The minimum absolute atomic E-state index is 0.00562. The molecule has 1 aromatic carbocycles. The van der Waals surface area contributed by atoms with Crippen molar-refractivity contribution in [3.05, 3.63) is 65.5 Å². The van der Waals surface area contributed by atoms with E-state index in [1.54, 1.807) is 19.0 Å². The van der Waals surface area contributed by atoms with Crippen molar-refractivity contribution in [3.63, 3.8) is 0 Å². The van der Waals surface area contributed by atoms with Gasteiger partial charge in [-0.2, -0.15) is 5.10 Å². The van der Waals surface area contributed by atoms with Crippen molar-refractivity contribution in [2.24, 2.45) is 0 Å². The van der Waals surface area contributed by atoms with E-state index in [0.717, 1.165) is 44.5 Å². The van der Waals surface area contributed by atoms with Gasteiger partial charge in [0.1, 0.15) is 0 Å². The van der Waals surface area contributed by atoms with Crippen LogP contribution in [0.4, 0.5) is 0 Å². The summed E-state index contributed by atoms with van der Waals surface area (Å²) in [5.74, 6) is -0.00562. The Balaban J connectivity index is 1.36. The van der Waals surface area contributed by atoms with Gasteiger partial charge in [0.2, 0.25) is 0 Å². The summed E-state index contributed by atoms with van der Waals surface area (Å²) in [6.45, 7) is 7.80. The van der Waals surface area contributed by atoms with Crippen molar-refractivity contribution in [1.29, 1.82) is 0 Å². The molecule has 0 radical (unpaired) electrons. The average Bonchev–Trinajstić information content (AvgIpc) is 3.13. The van der Waals surface area contributed by atoms with E-state index in [9.17, 15) is 4.79 Å². The zero-order chi connectivity index (χ0) is 21.8. The van der Waals surface area contributed by atoms with Gasteiger partial charge in [-0.1, -0.05) is 36.4 Å². The fourth-order valence-corrected chi connectivity index (χ4v) is 4.92. The van der Waals surface area contributed by atoms with E-state index in [4.69, 9.17) is 0 Å². The normalized spacial score (nSPS) is 19.7. The molecular weight excluding hydrogens is 386 g/mol. The van der Waals surface area contributed by atoms with Gasteiger partial charge in [0, 0.05) is 44.0 Å². The van der Waals surface area contributed by atoms with E-state index >= 15 is 0 Å². The number of carbonyl (C=O) groups is 1. The van der Waals surface area contributed by atoms with Crippen molar-refractivity contribution in [1.82, 2.24) is 24.9 Å². The molecule has 1 aliphatic carbocycles. The lowest BCUT2D eigenvalue weighted by molar-refractivity contribution is 0.0819. The number of allylic oxidation sites excluding steroid dienone is 1. The summed E-state index contributed by atoms with van der Waals surface area (Å²) in [6.07, 6.45) is 7.14. The molecule has 166 valence electrons. The minimum Gasteiger partial charge on any atom is -0.343 e. The molecule has 0 spiro atoms. The zero-order valence-electron chi connectivity index (χ0n) is 18.9. The van der Waals surface area contributed by atoms with Gasteiger partial charge in [-0.3, -0.25) is 14.4 Å². The van der Waals surface area contributed by atoms with Crippen LogP contribution < -0.4 is 5.32 Å². The van der Waals surface area contributed by atoms with Crippen LogP contribution in [0, 0.1) is 0 Å². The molecule has 1 aromatic heterocycles. The van der Waals surface area contributed by atoms with E-state index in [0.29, 0.717) is 24.3 Å². The lowest BCUT2D eigenvalue weighted by atomic mass is 9.89. The number of amides is 1. The minimum atomic E-state index is -0.00562. The van der Waals surface area contributed by atoms with Gasteiger partial charge >= 0.3 is 0 Å². The fraction of sp³-hybridized carbons (Fsp3) is 0.520. The third-order valence-corrected chi connectivity index (χ3v) is 6.57. The highest BCUT2D eigenvalue weighted by Gasteiger charge is 2.31. The molecule has 6 heteroatoms. The number of aromatic nitrogens is 2. The molecule has 0 bridgehead atoms. The second-order valence-electron chi connectivity index (χ2n) is 9.09. The van der Waals surface area contributed by atoms with Gasteiger partial charge in [0.25, 0.3) is 5.91 Å². The molecule has 6 nitrogen and oxygen atoms in total. The van der Waals surface area contributed by atoms with Crippen molar-refractivity contribution in [2.45, 2.75) is 57.3 Å². The van der Waals surface area contributed by atoms with Crippen LogP contribution in [0.25, 0.3) is 0 Å². The number of hydrogen-bond donors (Lipinski definition) is 1. The summed E-state index contributed by atoms with van der Waals surface area (Å²) < 4.78 is 1.97. The third kappa shape index (κ3) is 5.08. The first-order valence-corrected chi connectivity index (χ1v) is 11.5. The van der Waals surface area contributed by atoms with Crippen molar-refractivity contribution >= 4 is 5.91 Å². The number of nitrogens with zero attached hydrogens (tertiary/aromatic N) is 4. The second kappa shape index (κ2) is 9.79. The molecule has 0 saturated carbocycles. The SMILES string of the molecule is C=CCn1nc(C(=O)N(C)C)c2c1CCC(NC1CCN(Cc3ccccc3)CC1)C2. The predicted octanol–water partition coefficient (Wildman–Crippen LogP) is 2.88. The number of hydrogen-bond acceptors (Lipinski definition) is 4. The van der Waals surface area contributed by atoms with E-state index < -0.39 is 0 Å². The van der Waals surface area contributed by atoms with Crippen LogP contribution in [-0.4, -0.2) is 64.8 Å². The third-order valence-electron chi connectivity index (χ3n) is 6.57. The summed E-state index contributed by atoms with van der Waals surface area (Å²) in [4.78, 5) is 16.9. The number of likely N-dealkylation sites (tertiary alicyclic amines) is 1. The van der Waals surface area contributed by atoms with E-state index in [2.05, 4.69) is 52.2 Å². The highest BCUT2D eigenvalue weighted by Crippen LogP contribution is 2.27. The van der Waals surface area contributed by atoms with Gasteiger partial charge in [-0.15, -0.1) is 6.58 Å². The number of nitrogens with one attached hydrogen (secondary N) is 1. The number of fused-ring (bicyclic) bond motifs is 1. The first-order chi connectivity index (χ1) is 15.0. The Morgan fingerprint density at radius 1 is 1.19 bits per heavy atom. The maximum Gasteiger partial charge on any atom is 0.274 e. The van der Waals surface area contributed by atoms with Crippen molar-refractivity contribution in [3.8, 4) is 0 Å². The van der Waals surface area contributed by atoms with Gasteiger partial charge in [-0.25, -0.2) is 0 Å². The van der Waals surface area contributed by atoms with Crippen molar-refractivity contribution < 1.29 is 4.79 Å². The zero-order valence-corrected chi connectivity index (χ0v) is 18.9. The van der Waals surface area contributed by atoms with Gasteiger partial charge < -0.3 is 10.2 Å². The maximum absolute atomic E-state index is 12.7. The topological polar surface area (TPSA) is 53.4 Å². The highest BCUT2D eigenvalue weighted by atomic mass is 16.2. The molecular formula is C25H35N5O. The molecule has 31 heavy (non-hydrogen) atoms. The molecule has 2 heterocycles. The Morgan fingerprint density at radius 3 is 2.61 bits per heavy atom. The standard InChI is InChI=1S/C25H35N5O/c1-4-14-30-23-11-10-21(17-22(23)24(27-30)25(31)28(2)3)26-20-12-15-29(16-13-20)18-19-8-6-5-7-9-19/h4-9,20-21,26H,1,10-18H2,2-3H3. The summed E-state index contributed by atoms with van der Waals surface area (Å²) in [5, 5.41) is 8.56. The summed E-state index contributed by atoms with van der Waals surface area (Å²) in [5.41, 5.74) is 4.35. The lowest BCUT2D eigenvalue weighted by Gasteiger charge is -2.35. The first-order valence-electron chi connectivity index (χ1n) is 11.5. The highest BCUT2D eigenvalue weighted by molar-refractivity contribution is 5.93. The predicted molar refractivity (Wildman–Crippen MR) is 124 cm³/mol. The van der Waals surface area contributed by atoms with Gasteiger partial charge in [0.05, 0.1) is 6.54 Å².